The zero-order chi connectivity index (χ0) is 16.9. The van der Waals surface area contributed by atoms with E-state index in [4.69, 9.17) is 14.2 Å². The average molecular weight is 347 g/mol. The molecule has 0 spiro atoms. The Morgan fingerprint density at radius 1 is 1.21 bits per heavy atom. The highest BCUT2D eigenvalue weighted by molar-refractivity contribution is 7.12. The van der Waals surface area contributed by atoms with E-state index >= 15 is 0 Å². The van der Waals surface area contributed by atoms with Gasteiger partial charge in [-0.05, 0) is 36.1 Å². The number of carbonyl (C=O) groups excluding carboxylic acids is 2. The van der Waals surface area contributed by atoms with Crippen LogP contribution >= 0.6 is 11.3 Å². The SMILES string of the molecule is Cc1ccsc1C(=O)OCC(=O)Nc1ccc2c(c1)OCCCO2. The Hall–Kier alpha value is -2.54. The third-order valence-electron chi connectivity index (χ3n) is 3.41. The summed E-state index contributed by atoms with van der Waals surface area (Å²) < 4.78 is 16.1. The monoisotopic (exact) mass is 347 g/mol. The third-order valence-corrected chi connectivity index (χ3v) is 4.41. The Kier molecular flexibility index (Phi) is 5.00. The van der Waals surface area contributed by atoms with Gasteiger partial charge in [0.1, 0.15) is 4.88 Å². The molecule has 0 atom stereocenters. The maximum atomic E-state index is 12.0. The summed E-state index contributed by atoms with van der Waals surface area (Å²) in [4.78, 5) is 24.3. The fourth-order valence-corrected chi connectivity index (χ4v) is 3.03. The number of hydrogen-bond acceptors (Lipinski definition) is 6. The predicted octanol–water partition coefficient (Wildman–Crippen LogP) is 3.01. The first-order chi connectivity index (χ1) is 11.6. The summed E-state index contributed by atoms with van der Waals surface area (Å²) in [5, 5.41) is 4.49. The van der Waals surface area contributed by atoms with Crippen molar-refractivity contribution in [2.45, 2.75) is 13.3 Å². The van der Waals surface area contributed by atoms with Gasteiger partial charge < -0.3 is 19.5 Å². The first-order valence-electron chi connectivity index (χ1n) is 7.54. The lowest BCUT2D eigenvalue weighted by Crippen LogP contribution is -2.20. The molecule has 0 radical (unpaired) electrons. The van der Waals surface area contributed by atoms with E-state index in [1.807, 2.05) is 18.4 Å². The van der Waals surface area contributed by atoms with Gasteiger partial charge in [-0.2, -0.15) is 0 Å². The van der Waals surface area contributed by atoms with E-state index in [0.717, 1.165) is 12.0 Å². The van der Waals surface area contributed by atoms with Crippen molar-refractivity contribution in [2.24, 2.45) is 0 Å². The Morgan fingerprint density at radius 2 is 2.00 bits per heavy atom. The Morgan fingerprint density at radius 3 is 2.75 bits per heavy atom. The lowest BCUT2D eigenvalue weighted by molar-refractivity contribution is -0.119. The second-order valence-corrected chi connectivity index (χ2v) is 6.19. The summed E-state index contributed by atoms with van der Waals surface area (Å²) in [6, 6.07) is 7.00. The number of anilines is 1. The van der Waals surface area contributed by atoms with Crippen LogP contribution in [0.25, 0.3) is 0 Å². The van der Waals surface area contributed by atoms with Gasteiger partial charge in [0.25, 0.3) is 5.91 Å². The number of amides is 1. The highest BCUT2D eigenvalue weighted by Crippen LogP contribution is 2.32. The van der Waals surface area contributed by atoms with Crippen molar-refractivity contribution < 1.29 is 23.8 Å². The van der Waals surface area contributed by atoms with Gasteiger partial charge in [0.15, 0.2) is 18.1 Å². The highest BCUT2D eigenvalue weighted by atomic mass is 32.1. The van der Waals surface area contributed by atoms with Gasteiger partial charge in [-0.25, -0.2) is 4.79 Å². The second-order valence-electron chi connectivity index (χ2n) is 5.27. The summed E-state index contributed by atoms with van der Waals surface area (Å²) in [7, 11) is 0. The van der Waals surface area contributed by atoms with Crippen molar-refractivity contribution in [3.63, 3.8) is 0 Å². The molecule has 1 N–H and O–H groups in total. The van der Waals surface area contributed by atoms with Crippen molar-refractivity contribution in [3.05, 3.63) is 40.1 Å². The van der Waals surface area contributed by atoms with Crippen molar-refractivity contribution >= 4 is 28.9 Å². The van der Waals surface area contributed by atoms with E-state index in [-0.39, 0.29) is 6.61 Å². The zero-order valence-corrected chi connectivity index (χ0v) is 14.0. The van der Waals surface area contributed by atoms with Crippen LogP contribution < -0.4 is 14.8 Å². The number of thiophene rings is 1. The van der Waals surface area contributed by atoms with Crippen LogP contribution in [0.1, 0.15) is 21.7 Å². The number of benzene rings is 1. The third kappa shape index (κ3) is 3.86. The number of rotatable bonds is 4. The summed E-state index contributed by atoms with van der Waals surface area (Å²) in [6.45, 7) is 2.66. The molecule has 1 aromatic heterocycles. The molecule has 2 aromatic rings. The highest BCUT2D eigenvalue weighted by Gasteiger charge is 2.15. The smallest absolute Gasteiger partial charge is 0.349 e. The summed E-state index contributed by atoms with van der Waals surface area (Å²) in [6.07, 6.45) is 0.814. The number of ether oxygens (including phenoxy) is 3. The maximum absolute atomic E-state index is 12.0. The molecule has 1 aliphatic heterocycles. The Bertz CT molecular complexity index is 755. The van der Waals surface area contributed by atoms with Crippen LogP contribution in [0, 0.1) is 6.92 Å². The van der Waals surface area contributed by atoms with E-state index in [9.17, 15) is 9.59 Å². The quantitative estimate of drug-likeness (QED) is 0.861. The molecule has 1 amide bonds. The lowest BCUT2D eigenvalue weighted by Gasteiger charge is -2.10. The first-order valence-corrected chi connectivity index (χ1v) is 8.42. The zero-order valence-electron chi connectivity index (χ0n) is 13.2. The Labute approximate surface area is 143 Å². The van der Waals surface area contributed by atoms with E-state index in [1.165, 1.54) is 11.3 Å². The van der Waals surface area contributed by atoms with E-state index in [2.05, 4.69) is 5.32 Å². The first kappa shape index (κ1) is 16.3. The molecule has 126 valence electrons. The van der Waals surface area contributed by atoms with Crippen LogP contribution in [0.5, 0.6) is 11.5 Å². The van der Waals surface area contributed by atoms with Crippen molar-refractivity contribution in [2.75, 3.05) is 25.1 Å². The number of esters is 1. The minimum Gasteiger partial charge on any atom is -0.490 e. The van der Waals surface area contributed by atoms with Gasteiger partial charge in [-0.1, -0.05) is 0 Å². The average Bonchev–Trinajstić information content (AvgIpc) is 2.86. The molecule has 0 saturated carbocycles. The number of aryl methyl sites for hydroxylation is 1. The van der Waals surface area contributed by atoms with E-state index in [0.29, 0.717) is 35.3 Å². The number of nitrogens with one attached hydrogen (secondary N) is 1. The molecule has 0 saturated heterocycles. The molecule has 0 fully saturated rings. The van der Waals surface area contributed by atoms with Crippen LogP contribution in [0.15, 0.2) is 29.6 Å². The van der Waals surface area contributed by atoms with E-state index < -0.39 is 11.9 Å². The molecule has 1 aliphatic rings. The van der Waals surface area contributed by atoms with Crippen molar-refractivity contribution in [1.82, 2.24) is 0 Å². The molecule has 1 aromatic carbocycles. The van der Waals surface area contributed by atoms with Crippen LogP contribution in [-0.2, 0) is 9.53 Å². The minimum atomic E-state index is -0.490. The predicted molar refractivity (Wildman–Crippen MR) is 90.0 cm³/mol. The largest absolute Gasteiger partial charge is 0.490 e. The number of carbonyl (C=O) groups is 2. The molecule has 0 bridgehead atoms. The van der Waals surface area contributed by atoms with Gasteiger partial charge >= 0.3 is 5.97 Å². The molecular weight excluding hydrogens is 330 g/mol. The molecular formula is C17H17NO5S. The fourth-order valence-electron chi connectivity index (χ4n) is 2.22. The van der Waals surface area contributed by atoms with Crippen LogP contribution in [0.3, 0.4) is 0 Å². The van der Waals surface area contributed by atoms with Crippen LogP contribution in [-0.4, -0.2) is 31.7 Å². The van der Waals surface area contributed by atoms with Gasteiger partial charge in [-0.15, -0.1) is 11.3 Å². The van der Waals surface area contributed by atoms with Crippen LogP contribution in [0.2, 0.25) is 0 Å². The van der Waals surface area contributed by atoms with Gasteiger partial charge in [0.2, 0.25) is 0 Å². The van der Waals surface area contributed by atoms with Crippen molar-refractivity contribution in [1.29, 1.82) is 0 Å². The topological polar surface area (TPSA) is 73.9 Å². The normalized spacial score (nSPS) is 13.0. The standard InChI is InChI=1S/C17H17NO5S/c1-11-5-8-24-16(11)17(20)23-10-15(19)18-12-3-4-13-14(9-12)22-7-2-6-21-13/h3-5,8-9H,2,6-7,10H2,1H3,(H,18,19). The molecule has 2 heterocycles. The molecule has 7 heteroatoms. The molecule has 6 nitrogen and oxygen atoms in total. The fraction of sp³-hybridized carbons (Fsp3) is 0.294. The van der Waals surface area contributed by atoms with Gasteiger partial charge in [-0.3, -0.25) is 4.79 Å². The summed E-state index contributed by atoms with van der Waals surface area (Å²) >= 11 is 1.29. The molecule has 0 aliphatic carbocycles. The molecule has 3 rings (SSSR count). The van der Waals surface area contributed by atoms with Crippen LogP contribution in [0.4, 0.5) is 5.69 Å². The molecule has 0 unspecified atom stereocenters. The Balaban J connectivity index is 1.56. The second kappa shape index (κ2) is 7.35. The number of fused-ring (bicyclic) bond motifs is 1. The summed E-state index contributed by atoms with van der Waals surface area (Å²) in [5.41, 5.74) is 1.40. The number of hydrogen-bond donors (Lipinski definition) is 1. The van der Waals surface area contributed by atoms with Gasteiger partial charge in [0, 0.05) is 18.2 Å². The van der Waals surface area contributed by atoms with Gasteiger partial charge in [0.05, 0.1) is 13.2 Å². The minimum absolute atomic E-state index is 0.343. The maximum Gasteiger partial charge on any atom is 0.349 e. The van der Waals surface area contributed by atoms with E-state index in [1.54, 1.807) is 18.2 Å². The summed E-state index contributed by atoms with van der Waals surface area (Å²) in [5.74, 6) is 0.352. The molecule has 24 heavy (non-hydrogen) atoms. The van der Waals surface area contributed by atoms with Crippen molar-refractivity contribution in [3.8, 4) is 11.5 Å². The lowest BCUT2D eigenvalue weighted by atomic mass is 10.2.